The topological polar surface area (TPSA) is 20.2 Å². The highest BCUT2D eigenvalue weighted by Gasteiger charge is 2.31. The second-order valence-corrected chi connectivity index (χ2v) is 6.61. The van der Waals surface area contributed by atoms with Gasteiger partial charge in [-0.3, -0.25) is 0 Å². The summed E-state index contributed by atoms with van der Waals surface area (Å²) in [7, 11) is 0. The molecule has 1 nitrogen and oxygen atoms in total. The number of rotatable bonds is 3. The van der Waals surface area contributed by atoms with Gasteiger partial charge in [0.05, 0.1) is 4.58 Å². The van der Waals surface area contributed by atoms with Gasteiger partial charge < -0.3 is 5.11 Å². The fraction of sp³-hybridized carbons (Fsp3) is 1.00. The number of hydrogen-bond acceptors (Lipinski definition) is 3. The second kappa shape index (κ2) is 4.77. The van der Waals surface area contributed by atoms with Crippen LogP contribution < -0.4 is 0 Å². The summed E-state index contributed by atoms with van der Waals surface area (Å²) in [6.07, 6.45) is 2.28. The van der Waals surface area contributed by atoms with Gasteiger partial charge in [-0.1, -0.05) is 13.8 Å². The Hall–Kier alpha value is 0.660. The van der Waals surface area contributed by atoms with E-state index in [4.69, 9.17) is 5.11 Å². The Bertz CT molecular complexity index is 130. The zero-order valence-corrected chi connectivity index (χ0v) is 9.51. The van der Waals surface area contributed by atoms with Gasteiger partial charge in [-0.15, -0.1) is 23.5 Å². The van der Waals surface area contributed by atoms with Crippen molar-refractivity contribution in [2.45, 2.75) is 31.3 Å². The van der Waals surface area contributed by atoms with E-state index in [2.05, 4.69) is 37.4 Å². The molecule has 1 saturated heterocycles. The lowest BCUT2D eigenvalue weighted by atomic mass is 9.92. The molecule has 0 atom stereocenters. The van der Waals surface area contributed by atoms with Crippen LogP contribution in [0, 0.1) is 5.41 Å². The SMILES string of the molecule is CC(C)(CCO)C1SCCCS1. The Morgan fingerprint density at radius 1 is 1.33 bits per heavy atom. The molecule has 1 heterocycles. The summed E-state index contributed by atoms with van der Waals surface area (Å²) in [6, 6.07) is 0. The summed E-state index contributed by atoms with van der Waals surface area (Å²) in [5.74, 6) is 2.60. The first-order valence-electron chi connectivity index (χ1n) is 4.51. The van der Waals surface area contributed by atoms with E-state index in [1.165, 1.54) is 17.9 Å². The first-order chi connectivity index (χ1) is 5.67. The van der Waals surface area contributed by atoms with Gasteiger partial charge in [0.25, 0.3) is 0 Å². The fourth-order valence-electron chi connectivity index (χ4n) is 1.34. The van der Waals surface area contributed by atoms with Crippen LogP contribution in [0.15, 0.2) is 0 Å². The van der Waals surface area contributed by atoms with Crippen molar-refractivity contribution in [2.24, 2.45) is 5.41 Å². The highest BCUT2D eigenvalue weighted by Crippen LogP contribution is 2.44. The third-order valence-corrected chi connectivity index (χ3v) is 5.97. The van der Waals surface area contributed by atoms with Crippen molar-refractivity contribution in [1.82, 2.24) is 0 Å². The summed E-state index contributed by atoms with van der Waals surface area (Å²) in [5.41, 5.74) is 0.296. The minimum Gasteiger partial charge on any atom is -0.396 e. The van der Waals surface area contributed by atoms with Crippen molar-refractivity contribution in [2.75, 3.05) is 18.1 Å². The van der Waals surface area contributed by atoms with E-state index in [9.17, 15) is 0 Å². The van der Waals surface area contributed by atoms with Crippen molar-refractivity contribution in [3.8, 4) is 0 Å². The minimum atomic E-state index is 0.296. The first-order valence-corrected chi connectivity index (χ1v) is 6.60. The van der Waals surface area contributed by atoms with Crippen LogP contribution in [0.1, 0.15) is 26.7 Å². The molecule has 72 valence electrons. The van der Waals surface area contributed by atoms with E-state index in [-0.39, 0.29) is 0 Å². The van der Waals surface area contributed by atoms with Gasteiger partial charge in [-0.05, 0) is 29.8 Å². The van der Waals surface area contributed by atoms with Crippen molar-refractivity contribution in [3.05, 3.63) is 0 Å². The molecule has 0 radical (unpaired) electrons. The zero-order chi connectivity index (χ0) is 9.03. The standard InChI is InChI=1S/C9H18OS2/c1-9(2,4-5-10)8-11-6-3-7-12-8/h8,10H,3-7H2,1-2H3. The van der Waals surface area contributed by atoms with Crippen LogP contribution >= 0.6 is 23.5 Å². The van der Waals surface area contributed by atoms with E-state index in [1.54, 1.807) is 0 Å². The smallest absolute Gasteiger partial charge is 0.0554 e. The van der Waals surface area contributed by atoms with Crippen molar-refractivity contribution in [1.29, 1.82) is 0 Å². The van der Waals surface area contributed by atoms with Crippen molar-refractivity contribution < 1.29 is 5.11 Å². The Balaban J connectivity index is 2.41. The maximum Gasteiger partial charge on any atom is 0.0554 e. The Morgan fingerprint density at radius 2 is 1.92 bits per heavy atom. The van der Waals surface area contributed by atoms with Crippen LogP contribution in [0.4, 0.5) is 0 Å². The molecule has 1 fully saturated rings. The van der Waals surface area contributed by atoms with Gasteiger partial charge >= 0.3 is 0 Å². The summed E-state index contributed by atoms with van der Waals surface area (Å²) < 4.78 is 0.693. The molecule has 0 aliphatic carbocycles. The second-order valence-electron chi connectivity index (χ2n) is 3.89. The lowest BCUT2D eigenvalue weighted by Gasteiger charge is -2.35. The maximum absolute atomic E-state index is 8.91. The predicted octanol–water partition coefficient (Wildman–Crippen LogP) is 2.59. The van der Waals surface area contributed by atoms with Crippen LogP contribution in [0.25, 0.3) is 0 Å². The largest absolute Gasteiger partial charge is 0.396 e. The van der Waals surface area contributed by atoms with Gasteiger partial charge in [0, 0.05) is 6.61 Å². The summed E-state index contributed by atoms with van der Waals surface area (Å²) in [6.45, 7) is 4.85. The highest BCUT2D eigenvalue weighted by atomic mass is 32.2. The molecule has 0 spiro atoms. The van der Waals surface area contributed by atoms with Gasteiger partial charge in [0.1, 0.15) is 0 Å². The molecule has 1 aliphatic heterocycles. The van der Waals surface area contributed by atoms with Gasteiger partial charge in [0.15, 0.2) is 0 Å². The maximum atomic E-state index is 8.91. The number of thioether (sulfide) groups is 2. The van der Waals surface area contributed by atoms with Crippen LogP contribution in [-0.4, -0.2) is 27.8 Å². The molecule has 1 rings (SSSR count). The molecule has 1 aliphatic rings. The molecular weight excluding hydrogens is 188 g/mol. The number of aliphatic hydroxyl groups excluding tert-OH is 1. The first kappa shape index (κ1) is 10.7. The van der Waals surface area contributed by atoms with Crippen LogP contribution in [-0.2, 0) is 0 Å². The minimum absolute atomic E-state index is 0.296. The fourth-order valence-corrected chi connectivity index (χ4v) is 4.68. The molecule has 0 aromatic carbocycles. The number of aliphatic hydroxyl groups is 1. The quantitative estimate of drug-likeness (QED) is 0.766. The molecule has 0 unspecified atom stereocenters. The predicted molar refractivity (Wildman–Crippen MR) is 58.8 cm³/mol. The Labute approximate surface area is 83.7 Å². The molecule has 0 aromatic rings. The summed E-state index contributed by atoms with van der Waals surface area (Å²) >= 11 is 4.12. The molecule has 0 aromatic heterocycles. The van der Waals surface area contributed by atoms with Gasteiger partial charge in [-0.25, -0.2) is 0 Å². The van der Waals surface area contributed by atoms with E-state index >= 15 is 0 Å². The molecule has 12 heavy (non-hydrogen) atoms. The monoisotopic (exact) mass is 206 g/mol. The molecule has 0 saturated carbocycles. The van der Waals surface area contributed by atoms with Crippen molar-refractivity contribution >= 4 is 23.5 Å². The Kier molecular flexibility index (Phi) is 4.27. The van der Waals surface area contributed by atoms with Gasteiger partial charge in [0.2, 0.25) is 0 Å². The molecule has 0 bridgehead atoms. The number of hydrogen-bond donors (Lipinski definition) is 1. The van der Waals surface area contributed by atoms with E-state index in [0.717, 1.165) is 6.42 Å². The van der Waals surface area contributed by atoms with E-state index in [0.29, 0.717) is 16.6 Å². The third-order valence-electron chi connectivity index (χ3n) is 2.22. The lowest BCUT2D eigenvalue weighted by Crippen LogP contribution is -2.27. The summed E-state index contributed by atoms with van der Waals surface area (Å²) in [5, 5.41) is 8.91. The van der Waals surface area contributed by atoms with Gasteiger partial charge in [-0.2, -0.15) is 0 Å². The van der Waals surface area contributed by atoms with Crippen LogP contribution in [0.5, 0.6) is 0 Å². The average molecular weight is 206 g/mol. The van der Waals surface area contributed by atoms with Crippen LogP contribution in [0.3, 0.4) is 0 Å². The lowest BCUT2D eigenvalue weighted by molar-refractivity contribution is 0.223. The van der Waals surface area contributed by atoms with E-state index in [1.807, 2.05) is 0 Å². The van der Waals surface area contributed by atoms with Crippen molar-refractivity contribution in [3.63, 3.8) is 0 Å². The zero-order valence-electron chi connectivity index (χ0n) is 7.88. The van der Waals surface area contributed by atoms with Crippen LogP contribution in [0.2, 0.25) is 0 Å². The summed E-state index contributed by atoms with van der Waals surface area (Å²) in [4.78, 5) is 0. The third kappa shape index (κ3) is 2.86. The molecular formula is C9H18OS2. The average Bonchev–Trinajstić information content (AvgIpc) is 2.06. The highest BCUT2D eigenvalue weighted by molar-refractivity contribution is 8.17. The molecule has 0 amide bonds. The Morgan fingerprint density at radius 3 is 2.42 bits per heavy atom. The molecule has 3 heteroatoms. The molecule has 1 N–H and O–H groups in total. The normalized spacial score (nSPS) is 21.2. The van der Waals surface area contributed by atoms with E-state index < -0.39 is 0 Å².